The third-order valence-corrected chi connectivity index (χ3v) is 4.87. The molecule has 28 heavy (non-hydrogen) atoms. The fourth-order valence-electron chi connectivity index (χ4n) is 3.29. The Labute approximate surface area is 166 Å². The number of methoxy groups -OCH3 is 1. The van der Waals surface area contributed by atoms with Gasteiger partial charge in [0.25, 0.3) is 5.91 Å². The number of ether oxygens (including phenoxy) is 1. The highest BCUT2D eigenvalue weighted by Crippen LogP contribution is 2.35. The molecule has 4 nitrogen and oxygen atoms in total. The van der Waals surface area contributed by atoms with Crippen molar-refractivity contribution in [1.82, 2.24) is 5.32 Å². The van der Waals surface area contributed by atoms with Crippen molar-refractivity contribution in [3.05, 3.63) is 71.5 Å². The van der Waals surface area contributed by atoms with E-state index in [1.54, 1.807) is 0 Å². The maximum atomic E-state index is 12.9. The molecular weight excluding hydrogens is 357 g/mol. The van der Waals surface area contributed by atoms with Gasteiger partial charge in [0.2, 0.25) is 0 Å². The second kappa shape index (κ2) is 10.0. The van der Waals surface area contributed by atoms with E-state index in [9.17, 15) is 14.0 Å². The number of halogens is 1. The van der Waals surface area contributed by atoms with Crippen LogP contribution in [0.5, 0.6) is 0 Å². The molecule has 0 heterocycles. The van der Waals surface area contributed by atoms with Crippen LogP contribution in [-0.4, -0.2) is 25.5 Å². The molecule has 0 saturated heterocycles. The van der Waals surface area contributed by atoms with Crippen molar-refractivity contribution in [2.45, 2.75) is 39.0 Å². The summed E-state index contributed by atoms with van der Waals surface area (Å²) in [4.78, 5) is 24.4. The number of carbonyl (C=O) groups is 2. The average molecular weight is 385 g/mol. The SMILES string of the molecule is COC(=O)C(CC(C)(C)CCCNC(=O)c1ccc(F)cc1)c1ccccc1. The number of hydrogen-bond donors (Lipinski definition) is 1. The van der Waals surface area contributed by atoms with Crippen LogP contribution in [0.25, 0.3) is 0 Å². The lowest BCUT2D eigenvalue weighted by molar-refractivity contribution is -0.143. The van der Waals surface area contributed by atoms with Gasteiger partial charge >= 0.3 is 5.97 Å². The number of rotatable bonds is 9. The van der Waals surface area contributed by atoms with Gasteiger partial charge in [0.05, 0.1) is 13.0 Å². The van der Waals surface area contributed by atoms with Gasteiger partial charge in [0, 0.05) is 12.1 Å². The van der Waals surface area contributed by atoms with Gasteiger partial charge in [-0.3, -0.25) is 9.59 Å². The minimum Gasteiger partial charge on any atom is -0.469 e. The maximum absolute atomic E-state index is 12.9. The highest BCUT2D eigenvalue weighted by Gasteiger charge is 2.29. The molecule has 0 aliphatic carbocycles. The van der Waals surface area contributed by atoms with Crippen LogP contribution in [0.15, 0.2) is 54.6 Å². The Balaban J connectivity index is 1.87. The van der Waals surface area contributed by atoms with Gasteiger partial charge in [-0.25, -0.2) is 4.39 Å². The molecule has 0 saturated carbocycles. The fourth-order valence-corrected chi connectivity index (χ4v) is 3.29. The minimum absolute atomic E-state index is 0.102. The number of esters is 1. The maximum Gasteiger partial charge on any atom is 0.313 e. The van der Waals surface area contributed by atoms with Crippen molar-refractivity contribution in [3.8, 4) is 0 Å². The zero-order valence-corrected chi connectivity index (χ0v) is 16.7. The number of amides is 1. The summed E-state index contributed by atoms with van der Waals surface area (Å²) in [5, 5.41) is 2.86. The standard InChI is InChI=1S/C23H28FNO3/c1-23(2,16-20(22(27)28-3)17-8-5-4-6-9-17)14-7-15-25-21(26)18-10-12-19(24)13-11-18/h4-6,8-13,20H,7,14-16H2,1-3H3,(H,25,26). The zero-order valence-electron chi connectivity index (χ0n) is 16.7. The molecule has 2 rings (SSSR count). The quantitative estimate of drug-likeness (QED) is 0.502. The molecule has 0 aliphatic rings. The molecule has 1 atom stereocenters. The number of hydrogen-bond acceptors (Lipinski definition) is 3. The van der Waals surface area contributed by atoms with E-state index in [1.165, 1.54) is 31.4 Å². The molecule has 0 aromatic heterocycles. The third kappa shape index (κ3) is 6.48. The molecular formula is C23H28FNO3. The molecule has 2 aromatic rings. The van der Waals surface area contributed by atoms with Gasteiger partial charge in [-0.1, -0.05) is 44.2 Å². The van der Waals surface area contributed by atoms with Crippen molar-refractivity contribution in [3.63, 3.8) is 0 Å². The fraction of sp³-hybridized carbons (Fsp3) is 0.391. The van der Waals surface area contributed by atoms with Gasteiger partial charge in [0.1, 0.15) is 5.82 Å². The van der Waals surface area contributed by atoms with E-state index < -0.39 is 0 Å². The third-order valence-electron chi connectivity index (χ3n) is 4.87. The molecule has 0 radical (unpaired) electrons. The molecule has 0 fully saturated rings. The molecule has 1 unspecified atom stereocenters. The number of nitrogens with one attached hydrogen (secondary N) is 1. The van der Waals surface area contributed by atoms with Crippen LogP contribution in [0.4, 0.5) is 4.39 Å². The first-order valence-electron chi connectivity index (χ1n) is 9.49. The molecule has 0 bridgehead atoms. The largest absolute Gasteiger partial charge is 0.469 e. The molecule has 150 valence electrons. The summed E-state index contributed by atoms with van der Waals surface area (Å²) >= 11 is 0. The van der Waals surface area contributed by atoms with Gasteiger partial charge in [-0.05, 0) is 54.5 Å². The predicted octanol–water partition coefficient (Wildman–Crippen LogP) is 4.71. The van der Waals surface area contributed by atoms with Crippen molar-refractivity contribution in [2.75, 3.05) is 13.7 Å². The summed E-state index contributed by atoms with van der Waals surface area (Å²) in [5.74, 6) is -1.12. The lowest BCUT2D eigenvalue weighted by Crippen LogP contribution is -2.27. The summed E-state index contributed by atoms with van der Waals surface area (Å²) in [6.07, 6.45) is 2.29. The Morgan fingerprint density at radius 1 is 1.07 bits per heavy atom. The second-order valence-corrected chi connectivity index (χ2v) is 7.72. The van der Waals surface area contributed by atoms with Crippen molar-refractivity contribution in [2.24, 2.45) is 5.41 Å². The van der Waals surface area contributed by atoms with E-state index in [-0.39, 0.29) is 29.0 Å². The van der Waals surface area contributed by atoms with E-state index in [2.05, 4.69) is 19.2 Å². The summed E-state index contributed by atoms with van der Waals surface area (Å²) in [5.41, 5.74) is 1.29. The molecule has 0 spiro atoms. The highest BCUT2D eigenvalue weighted by molar-refractivity contribution is 5.94. The van der Waals surface area contributed by atoms with Crippen molar-refractivity contribution >= 4 is 11.9 Å². The molecule has 2 aromatic carbocycles. The Morgan fingerprint density at radius 3 is 2.32 bits per heavy atom. The van der Waals surface area contributed by atoms with Crippen molar-refractivity contribution in [1.29, 1.82) is 0 Å². The predicted molar refractivity (Wildman–Crippen MR) is 108 cm³/mol. The lowest BCUT2D eigenvalue weighted by atomic mass is 9.77. The van der Waals surface area contributed by atoms with E-state index >= 15 is 0 Å². The van der Waals surface area contributed by atoms with Gasteiger partial charge < -0.3 is 10.1 Å². The molecule has 1 N–H and O–H groups in total. The van der Waals surface area contributed by atoms with E-state index in [4.69, 9.17) is 4.74 Å². The smallest absolute Gasteiger partial charge is 0.313 e. The summed E-state index contributed by atoms with van der Waals surface area (Å²) in [6.45, 7) is 4.76. The van der Waals surface area contributed by atoms with E-state index in [1.807, 2.05) is 30.3 Å². The Morgan fingerprint density at radius 2 is 1.71 bits per heavy atom. The lowest BCUT2D eigenvalue weighted by Gasteiger charge is -2.29. The zero-order chi connectivity index (χ0) is 20.6. The van der Waals surface area contributed by atoms with Crippen LogP contribution in [0.2, 0.25) is 0 Å². The first kappa shape index (κ1) is 21.6. The summed E-state index contributed by atoms with van der Waals surface area (Å²) in [6, 6.07) is 15.1. The van der Waals surface area contributed by atoms with Crippen LogP contribution in [0.3, 0.4) is 0 Å². The van der Waals surface area contributed by atoms with Crippen LogP contribution < -0.4 is 5.32 Å². The molecule has 5 heteroatoms. The van der Waals surface area contributed by atoms with Gasteiger partial charge in [0.15, 0.2) is 0 Å². The Hall–Kier alpha value is -2.69. The second-order valence-electron chi connectivity index (χ2n) is 7.72. The summed E-state index contributed by atoms with van der Waals surface area (Å²) in [7, 11) is 1.41. The monoisotopic (exact) mass is 385 g/mol. The van der Waals surface area contributed by atoms with Crippen LogP contribution in [0.1, 0.15) is 54.9 Å². The minimum atomic E-state index is -0.364. The number of carbonyl (C=O) groups excluding carboxylic acids is 2. The Kier molecular flexibility index (Phi) is 7.73. The molecule has 1 amide bonds. The normalized spacial score (nSPS) is 12.3. The first-order valence-corrected chi connectivity index (χ1v) is 9.49. The first-order chi connectivity index (χ1) is 13.3. The van der Waals surface area contributed by atoms with E-state index in [0.717, 1.165) is 18.4 Å². The highest BCUT2D eigenvalue weighted by atomic mass is 19.1. The number of benzene rings is 2. The molecule has 0 aliphatic heterocycles. The van der Waals surface area contributed by atoms with Crippen LogP contribution >= 0.6 is 0 Å². The van der Waals surface area contributed by atoms with Crippen molar-refractivity contribution < 1.29 is 18.7 Å². The summed E-state index contributed by atoms with van der Waals surface area (Å²) < 4.78 is 17.9. The van der Waals surface area contributed by atoms with Crippen LogP contribution in [-0.2, 0) is 9.53 Å². The van der Waals surface area contributed by atoms with E-state index in [0.29, 0.717) is 18.5 Å². The topological polar surface area (TPSA) is 55.4 Å². The van der Waals surface area contributed by atoms with Gasteiger partial charge in [-0.15, -0.1) is 0 Å². The van der Waals surface area contributed by atoms with Crippen LogP contribution in [0, 0.1) is 11.2 Å². The Bertz CT molecular complexity index is 772. The average Bonchev–Trinajstić information content (AvgIpc) is 2.70. The van der Waals surface area contributed by atoms with Gasteiger partial charge in [-0.2, -0.15) is 0 Å².